The lowest BCUT2D eigenvalue weighted by molar-refractivity contribution is -0.139. The minimum absolute atomic E-state index is 0.154. The van der Waals surface area contributed by atoms with Gasteiger partial charge in [0, 0.05) is 28.8 Å². The van der Waals surface area contributed by atoms with E-state index >= 15 is 0 Å². The SMILES string of the molecule is Cc1cc(/C=N/NC(=O)C(=O)NCc2ccccn2)c(C)n1-c1ccc(Cl)c(Cl)c1. The van der Waals surface area contributed by atoms with E-state index < -0.39 is 11.8 Å². The molecule has 0 unspecified atom stereocenters. The summed E-state index contributed by atoms with van der Waals surface area (Å²) in [7, 11) is 0. The summed E-state index contributed by atoms with van der Waals surface area (Å²) in [5, 5.41) is 7.32. The zero-order valence-corrected chi connectivity index (χ0v) is 17.8. The smallest absolute Gasteiger partial charge is 0.329 e. The zero-order chi connectivity index (χ0) is 21.7. The average molecular weight is 444 g/mol. The van der Waals surface area contributed by atoms with Crippen LogP contribution in [0.15, 0.2) is 53.8 Å². The largest absolute Gasteiger partial charge is 0.342 e. The Morgan fingerprint density at radius 3 is 2.60 bits per heavy atom. The third-order valence-corrected chi connectivity index (χ3v) is 5.10. The summed E-state index contributed by atoms with van der Waals surface area (Å²) < 4.78 is 1.99. The van der Waals surface area contributed by atoms with Crippen molar-refractivity contribution in [2.45, 2.75) is 20.4 Å². The molecule has 9 heteroatoms. The number of hydrazone groups is 1. The Labute approximate surface area is 183 Å². The van der Waals surface area contributed by atoms with Gasteiger partial charge in [-0.2, -0.15) is 5.10 Å². The van der Waals surface area contributed by atoms with Gasteiger partial charge in [-0.05, 0) is 50.2 Å². The van der Waals surface area contributed by atoms with Crippen LogP contribution >= 0.6 is 23.2 Å². The molecule has 3 aromatic rings. The van der Waals surface area contributed by atoms with Crippen molar-refractivity contribution in [3.8, 4) is 5.69 Å². The first-order chi connectivity index (χ1) is 14.4. The van der Waals surface area contributed by atoms with Crippen molar-refractivity contribution in [3.63, 3.8) is 0 Å². The van der Waals surface area contributed by atoms with Crippen LogP contribution in [-0.2, 0) is 16.1 Å². The van der Waals surface area contributed by atoms with Gasteiger partial charge in [0.05, 0.1) is 28.5 Å². The van der Waals surface area contributed by atoms with Crippen LogP contribution in [-0.4, -0.2) is 27.6 Å². The van der Waals surface area contributed by atoms with Gasteiger partial charge < -0.3 is 9.88 Å². The van der Waals surface area contributed by atoms with Crippen LogP contribution in [0.5, 0.6) is 0 Å². The van der Waals surface area contributed by atoms with Crippen molar-refractivity contribution in [1.82, 2.24) is 20.3 Å². The lowest BCUT2D eigenvalue weighted by Gasteiger charge is -2.10. The first-order valence-corrected chi connectivity index (χ1v) is 9.78. The molecule has 0 saturated heterocycles. The number of halogens is 2. The molecule has 0 aliphatic heterocycles. The van der Waals surface area contributed by atoms with Crippen LogP contribution in [0, 0.1) is 13.8 Å². The number of aromatic nitrogens is 2. The van der Waals surface area contributed by atoms with E-state index in [2.05, 4.69) is 20.8 Å². The fraction of sp³-hybridized carbons (Fsp3) is 0.143. The molecule has 0 spiro atoms. The molecule has 0 fully saturated rings. The maximum absolute atomic E-state index is 11.9. The Morgan fingerprint density at radius 1 is 1.10 bits per heavy atom. The van der Waals surface area contributed by atoms with Gasteiger partial charge in [0.25, 0.3) is 0 Å². The standard InChI is InChI=1S/C21H19Cl2N5O2/c1-13-9-15(14(2)28(13)17-6-7-18(22)19(23)10-17)11-26-27-21(30)20(29)25-12-16-5-3-4-8-24-16/h3-11H,12H2,1-2H3,(H,25,29)(H,27,30)/b26-11+. The first-order valence-electron chi connectivity index (χ1n) is 9.02. The maximum atomic E-state index is 11.9. The predicted molar refractivity (Wildman–Crippen MR) is 117 cm³/mol. The topological polar surface area (TPSA) is 88.4 Å². The lowest BCUT2D eigenvalue weighted by atomic mass is 10.2. The van der Waals surface area contributed by atoms with E-state index in [0.29, 0.717) is 15.7 Å². The van der Waals surface area contributed by atoms with Gasteiger partial charge in [-0.15, -0.1) is 0 Å². The van der Waals surface area contributed by atoms with Gasteiger partial charge in [0.1, 0.15) is 0 Å². The van der Waals surface area contributed by atoms with Crippen molar-refractivity contribution in [1.29, 1.82) is 0 Å². The Bertz CT molecular complexity index is 1110. The van der Waals surface area contributed by atoms with Crippen molar-refractivity contribution < 1.29 is 9.59 Å². The van der Waals surface area contributed by atoms with Crippen LogP contribution in [0.1, 0.15) is 22.6 Å². The third-order valence-electron chi connectivity index (χ3n) is 4.36. The minimum atomic E-state index is -0.861. The van der Waals surface area contributed by atoms with E-state index in [1.165, 1.54) is 6.21 Å². The Kier molecular flexibility index (Phi) is 6.87. The average Bonchev–Trinajstić information content (AvgIpc) is 3.02. The molecule has 30 heavy (non-hydrogen) atoms. The Hall–Kier alpha value is -3.16. The van der Waals surface area contributed by atoms with Crippen LogP contribution in [0.3, 0.4) is 0 Å². The molecule has 1 aromatic carbocycles. The third kappa shape index (κ3) is 5.06. The number of benzene rings is 1. The monoisotopic (exact) mass is 443 g/mol. The molecule has 0 aliphatic rings. The van der Waals surface area contributed by atoms with Crippen molar-refractivity contribution in [2.75, 3.05) is 0 Å². The molecule has 0 saturated carbocycles. The number of carbonyl (C=O) groups excluding carboxylic acids is 2. The van der Waals surface area contributed by atoms with Crippen LogP contribution in [0.2, 0.25) is 10.0 Å². The highest BCUT2D eigenvalue weighted by Gasteiger charge is 2.13. The summed E-state index contributed by atoms with van der Waals surface area (Å²) in [4.78, 5) is 27.9. The predicted octanol–water partition coefficient (Wildman–Crippen LogP) is 3.56. The van der Waals surface area contributed by atoms with Crippen molar-refractivity contribution >= 4 is 41.2 Å². The van der Waals surface area contributed by atoms with E-state index in [1.54, 1.807) is 36.5 Å². The van der Waals surface area contributed by atoms with Gasteiger partial charge >= 0.3 is 11.8 Å². The maximum Gasteiger partial charge on any atom is 0.329 e. The second-order valence-electron chi connectivity index (χ2n) is 6.46. The summed E-state index contributed by atoms with van der Waals surface area (Å²) in [5.41, 5.74) is 6.37. The van der Waals surface area contributed by atoms with Gasteiger partial charge in [-0.1, -0.05) is 29.3 Å². The number of pyridine rings is 1. The molecule has 154 valence electrons. The van der Waals surface area contributed by atoms with E-state index in [4.69, 9.17) is 23.2 Å². The zero-order valence-electron chi connectivity index (χ0n) is 16.3. The normalized spacial score (nSPS) is 10.9. The van der Waals surface area contributed by atoms with Crippen molar-refractivity contribution in [3.05, 3.63) is 81.4 Å². The molecule has 2 heterocycles. The van der Waals surface area contributed by atoms with E-state index in [-0.39, 0.29) is 6.54 Å². The van der Waals surface area contributed by atoms with Crippen LogP contribution in [0.4, 0.5) is 0 Å². The van der Waals surface area contributed by atoms with Gasteiger partial charge in [0.2, 0.25) is 0 Å². The van der Waals surface area contributed by atoms with E-state index in [1.807, 2.05) is 30.5 Å². The fourth-order valence-electron chi connectivity index (χ4n) is 2.90. The molecule has 0 radical (unpaired) electrons. The second kappa shape index (κ2) is 9.56. The highest BCUT2D eigenvalue weighted by molar-refractivity contribution is 6.42. The number of rotatable bonds is 5. The summed E-state index contributed by atoms with van der Waals surface area (Å²) in [6.07, 6.45) is 3.10. The molecule has 2 N–H and O–H groups in total. The van der Waals surface area contributed by atoms with Gasteiger partial charge in [-0.25, -0.2) is 5.43 Å². The number of carbonyl (C=O) groups is 2. The van der Waals surface area contributed by atoms with Gasteiger partial charge in [-0.3, -0.25) is 14.6 Å². The molecule has 7 nitrogen and oxygen atoms in total. The van der Waals surface area contributed by atoms with Gasteiger partial charge in [0.15, 0.2) is 0 Å². The molecule has 0 aliphatic carbocycles. The summed E-state index contributed by atoms with van der Waals surface area (Å²) in [6, 6.07) is 12.6. The van der Waals surface area contributed by atoms with Crippen LogP contribution in [0.25, 0.3) is 5.69 Å². The highest BCUT2D eigenvalue weighted by atomic mass is 35.5. The molecule has 2 amide bonds. The molecular weight excluding hydrogens is 425 g/mol. The Morgan fingerprint density at radius 2 is 1.90 bits per heavy atom. The Balaban J connectivity index is 1.64. The number of nitrogens with one attached hydrogen (secondary N) is 2. The van der Waals surface area contributed by atoms with Crippen LogP contribution < -0.4 is 10.7 Å². The van der Waals surface area contributed by atoms with E-state index in [9.17, 15) is 9.59 Å². The summed E-state index contributed by atoms with van der Waals surface area (Å²) >= 11 is 12.1. The second-order valence-corrected chi connectivity index (χ2v) is 7.28. The lowest BCUT2D eigenvalue weighted by Crippen LogP contribution is -2.37. The first kappa shape index (κ1) is 21.5. The van der Waals surface area contributed by atoms with E-state index in [0.717, 1.165) is 22.6 Å². The number of nitrogens with zero attached hydrogens (tertiary/aromatic N) is 3. The molecule has 0 atom stereocenters. The quantitative estimate of drug-likeness (QED) is 0.358. The highest BCUT2D eigenvalue weighted by Crippen LogP contribution is 2.27. The number of amides is 2. The molecule has 2 aromatic heterocycles. The molecule has 0 bridgehead atoms. The minimum Gasteiger partial charge on any atom is -0.342 e. The number of hydrogen-bond donors (Lipinski definition) is 2. The summed E-state index contributed by atoms with van der Waals surface area (Å²) in [5.74, 6) is -1.65. The molecule has 3 rings (SSSR count). The summed E-state index contributed by atoms with van der Waals surface area (Å²) in [6.45, 7) is 4.01. The van der Waals surface area contributed by atoms with Crippen molar-refractivity contribution in [2.24, 2.45) is 5.10 Å². The fourth-order valence-corrected chi connectivity index (χ4v) is 3.20. The number of aryl methyl sites for hydroxylation is 1. The molecular formula is C21H19Cl2N5O2. The number of hydrogen-bond acceptors (Lipinski definition) is 4.